The van der Waals surface area contributed by atoms with Crippen LogP contribution < -0.4 is 0 Å². The van der Waals surface area contributed by atoms with Crippen molar-refractivity contribution in [2.24, 2.45) is 5.92 Å². The van der Waals surface area contributed by atoms with Crippen molar-refractivity contribution >= 4 is 5.78 Å². The van der Waals surface area contributed by atoms with Crippen molar-refractivity contribution in [2.45, 2.75) is 52.6 Å². The van der Waals surface area contributed by atoms with Gasteiger partial charge in [-0.05, 0) is 46.1 Å². The Balaban J connectivity index is 2.55. The molecule has 1 fully saturated rings. The smallest absolute Gasteiger partial charge is 0.146 e. The molecule has 0 aromatic heterocycles. The fourth-order valence-electron chi connectivity index (χ4n) is 2.23. The number of hydrogen-bond donors (Lipinski definition) is 0. The van der Waals surface area contributed by atoms with Gasteiger partial charge in [0.05, 0.1) is 6.04 Å². The van der Waals surface area contributed by atoms with Gasteiger partial charge in [0, 0.05) is 6.04 Å². The standard InChI is InChI=1S/C11H21NO/c1-8-5-6-12(9(2)7-8)10(3)11(4)13/h8-10H,5-7H2,1-4H3. The lowest BCUT2D eigenvalue weighted by molar-refractivity contribution is -0.123. The van der Waals surface area contributed by atoms with Gasteiger partial charge in [0.15, 0.2) is 0 Å². The zero-order valence-electron chi connectivity index (χ0n) is 9.21. The number of piperidine rings is 1. The first-order valence-corrected chi connectivity index (χ1v) is 5.28. The molecule has 2 heteroatoms. The molecule has 1 heterocycles. The second-order valence-corrected chi connectivity index (χ2v) is 4.50. The van der Waals surface area contributed by atoms with Gasteiger partial charge in [-0.2, -0.15) is 0 Å². The second-order valence-electron chi connectivity index (χ2n) is 4.50. The van der Waals surface area contributed by atoms with Crippen molar-refractivity contribution in [2.75, 3.05) is 6.54 Å². The van der Waals surface area contributed by atoms with Crippen molar-refractivity contribution in [3.63, 3.8) is 0 Å². The molecular weight excluding hydrogens is 162 g/mol. The minimum atomic E-state index is 0.113. The quantitative estimate of drug-likeness (QED) is 0.653. The van der Waals surface area contributed by atoms with Gasteiger partial charge in [0.2, 0.25) is 0 Å². The fourth-order valence-corrected chi connectivity index (χ4v) is 2.23. The lowest BCUT2D eigenvalue weighted by Crippen LogP contribution is -2.48. The first-order valence-electron chi connectivity index (χ1n) is 5.28. The SMILES string of the molecule is CC(=O)C(C)N1CCC(C)CC1C. The Kier molecular flexibility index (Phi) is 3.48. The summed E-state index contributed by atoms with van der Waals surface area (Å²) in [4.78, 5) is 13.6. The van der Waals surface area contributed by atoms with Gasteiger partial charge in [-0.3, -0.25) is 9.69 Å². The van der Waals surface area contributed by atoms with Crippen LogP contribution >= 0.6 is 0 Å². The summed E-state index contributed by atoms with van der Waals surface area (Å²) >= 11 is 0. The lowest BCUT2D eigenvalue weighted by Gasteiger charge is -2.39. The largest absolute Gasteiger partial charge is 0.298 e. The van der Waals surface area contributed by atoms with Crippen molar-refractivity contribution in [1.29, 1.82) is 0 Å². The summed E-state index contributed by atoms with van der Waals surface area (Å²) < 4.78 is 0. The Hall–Kier alpha value is -0.370. The summed E-state index contributed by atoms with van der Waals surface area (Å²) in [5.74, 6) is 1.12. The van der Waals surface area contributed by atoms with Crippen LogP contribution in [-0.2, 0) is 4.79 Å². The molecule has 0 aromatic rings. The zero-order valence-corrected chi connectivity index (χ0v) is 9.21. The minimum Gasteiger partial charge on any atom is -0.298 e. The number of Topliss-reactive ketones (excluding diaryl/α,β-unsaturated/α-hetero) is 1. The van der Waals surface area contributed by atoms with Crippen LogP contribution in [0.4, 0.5) is 0 Å². The van der Waals surface area contributed by atoms with Gasteiger partial charge >= 0.3 is 0 Å². The Morgan fingerprint density at radius 1 is 1.46 bits per heavy atom. The molecule has 13 heavy (non-hydrogen) atoms. The van der Waals surface area contributed by atoms with E-state index < -0.39 is 0 Å². The highest BCUT2D eigenvalue weighted by Crippen LogP contribution is 2.23. The molecule has 0 aromatic carbocycles. The summed E-state index contributed by atoms with van der Waals surface area (Å²) in [5, 5.41) is 0. The van der Waals surface area contributed by atoms with Crippen LogP contribution in [0.3, 0.4) is 0 Å². The van der Waals surface area contributed by atoms with E-state index in [0.29, 0.717) is 11.8 Å². The molecule has 0 radical (unpaired) electrons. The molecule has 1 saturated heterocycles. The van der Waals surface area contributed by atoms with Crippen molar-refractivity contribution in [1.82, 2.24) is 4.90 Å². The van der Waals surface area contributed by atoms with Crippen molar-refractivity contribution < 1.29 is 4.79 Å². The topological polar surface area (TPSA) is 20.3 Å². The molecule has 1 aliphatic rings. The average Bonchev–Trinajstić information content (AvgIpc) is 2.03. The Morgan fingerprint density at radius 2 is 2.08 bits per heavy atom. The fraction of sp³-hybridized carbons (Fsp3) is 0.909. The summed E-state index contributed by atoms with van der Waals surface area (Å²) in [7, 11) is 0. The number of hydrogen-bond acceptors (Lipinski definition) is 2. The van der Waals surface area contributed by atoms with E-state index in [9.17, 15) is 4.79 Å². The molecule has 2 nitrogen and oxygen atoms in total. The number of carbonyl (C=O) groups excluding carboxylic acids is 1. The van der Waals surface area contributed by atoms with Gasteiger partial charge in [-0.1, -0.05) is 6.92 Å². The van der Waals surface area contributed by atoms with E-state index in [2.05, 4.69) is 18.7 Å². The molecule has 0 N–H and O–H groups in total. The molecular formula is C11H21NO. The van der Waals surface area contributed by atoms with Crippen LogP contribution in [0, 0.1) is 5.92 Å². The third-order valence-electron chi connectivity index (χ3n) is 3.28. The van der Waals surface area contributed by atoms with Gasteiger partial charge < -0.3 is 0 Å². The maximum atomic E-state index is 11.2. The predicted octanol–water partition coefficient (Wildman–Crippen LogP) is 2.08. The minimum absolute atomic E-state index is 0.113. The maximum absolute atomic E-state index is 11.2. The van der Waals surface area contributed by atoms with E-state index in [1.54, 1.807) is 6.92 Å². The highest BCUT2D eigenvalue weighted by molar-refractivity contribution is 5.81. The van der Waals surface area contributed by atoms with Crippen molar-refractivity contribution in [3.8, 4) is 0 Å². The monoisotopic (exact) mass is 183 g/mol. The van der Waals surface area contributed by atoms with E-state index in [-0.39, 0.29) is 6.04 Å². The van der Waals surface area contributed by atoms with Crippen molar-refractivity contribution in [3.05, 3.63) is 0 Å². The molecule has 3 unspecified atom stereocenters. The molecule has 1 rings (SSSR count). The van der Waals surface area contributed by atoms with E-state index >= 15 is 0 Å². The third kappa shape index (κ3) is 2.53. The first kappa shape index (κ1) is 10.7. The zero-order chi connectivity index (χ0) is 10.0. The molecule has 1 aliphatic heterocycles. The summed E-state index contributed by atoms with van der Waals surface area (Å²) in [5.41, 5.74) is 0. The number of carbonyl (C=O) groups is 1. The van der Waals surface area contributed by atoms with Crippen LogP contribution in [0.2, 0.25) is 0 Å². The molecule has 0 bridgehead atoms. The highest BCUT2D eigenvalue weighted by atomic mass is 16.1. The van der Waals surface area contributed by atoms with Gasteiger partial charge in [-0.15, -0.1) is 0 Å². The van der Waals surface area contributed by atoms with Gasteiger partial charge in [-0.25, -0.2) is 0 Å². The van der Waals surface area contributed by atoms with Crippen LogP contribution in [0.1, 0.15) is 40.5 Å². The average molecular weight is 183 g/mol. The summed E-state index contributed by atoms with van der Waals surface area (Å²) in [6.45, 7) is 9.33. The normalized spacial score (nSPS) is 32.9. The molecule has 0 amide bonds. The van der Waals surface area contributed by atoms with Gasteiger partial charge in [0.1, 0.15) is 5.78 Å². The number of rotatable bonds is 2. The molecule has 0 spiro atoms. The maximum Gasteiger partial charge on any atom is 0.146 e. The molecule has 0 saturated carbocycles. The van der Waals surface area contributed by atoms with E-state index in [4.69, 9.17) is 0 Å². The number of ketones is 1. The summed E-state index contributed by atoms with van der Waals surface area (Å²) in [6.07, 6.45) is 2.47. The lowest BCUT2D eigenvalue weighted by atomic mass is 9.92. The Bertz CT molecular complexity index is 191. The van der Waals surface area contributed by atoms with Crippen LogP contribution in [0.5, 0.6) is 0 Å². The van der Waals surface area contributed by atoms with E-state index in [1.165, 1.54) is 12.8 Å². The molecule has 0 aliphatic carbocycles. The number of likely N-dealkylation sites (tertiary alicyclic amines) is 1. The Labute approximate surface area is 81.3 Å². The van der Waals surface area contributed by atoms with Crippen LogP contribution in [0.15, 0.2) is 0 Å². The second kappa shape index (κ2) is 4.23. The van der Waals surface area contributed by atoms with E-state index in [0.717, 1.165) is 12.5 Å². The molecule has 3 atom stereocenters. The summed E-state index contributed by atoms with van der Waals surface area (Å²) in [6, 6.07) is 0.685. The predicted molar refractivity (Wildman–Crippen MR) is 54.7 cm³/mol. The Morgan fingerprint density at radius 3 is 2.54 bits per heavy atom. The van der Waals surface area contributed by atoms with Crippen LogP contribution in [0.25, 0.3) is 0 Å². The van der Waals surface area contributed by atoms with Crippen LogP contribution in [-0.4, -0.2) is 29.3 Å². The number of nitrogens with zero attached hydrogens (tertiary/aromatic N) is 1. The first-order chi connectivity index (χ1) is 6.02. The molecule has 76 valence electrons. The van der Waals surface area contributed by atoms with Gasteiger partial charge in [0.25, 0.3) is 0 Å². The third-order valence-corrected chi connectivity index (χ3v) is 3.28. The van der Waals surface area contributed by atoms with E-state index in [1.807, 2.05) is 6.92 Å². The highest BCUT2D eigenvalue weighted by Gasteiger charge is 2.28.